The molecule has 2 amide bonds. The predicted octanol–water partition coefficient (Wildman–Crippen LogP) is 7.23. The molecule has 0 saturated carbocycles. The second-order valence-corrected chi connectivity index (χ2v) is 9.92. The van der Waals surface area contributed by atoms with E-state index < -0.39 is 23.6 Å². The fourth-order valence-electron chi connectivity index (χ4n) is 5.41. The number of rotatable bonds is 6. The Labute approximate surface area is 231 Å². The summed E-state index contributed by atoms with van der Waals surface area (Å²) in [5, 5.41) is 17.0. The van der Waals surface area contributed by atoms with Gasteiger partial charge in [0.05, 0.1) is 22.2 Å². The van der Waals surface area contributed by atoms with E-state index in [1.807, 2.05) is 4.57 Å². The van der Waals surface area contributed by atoms with Crippen molar-refractivity contribution in [1.29, 1.82) is 0 Å². The summed E-state index contributed by atoms with van der Waals surface area (Å²) in [6.07, 6.45) is -4.04. The average molecular weight is 564 g/mol. The highest BCUT2D eigenvalue weighted by Crippen LogP contribution is 2.43. The zero-order chi connectivity index (χ0) is 28.2. The van der Waals surface area contributed by atoms with Crippen molar-refractivity contribution in [3.05, 3.63) is 94.5 Å². The number of aryl methyl sites for hydroxylation is 1. The number of benzene rings is 4. The number of carbonyl (C=O) groups is 2. The molecule has 6 rings (SSSR count). The molecule has 5 aromatic rings. The summed E-state index contributed by atoms with van der Waals surface area (Å²) in [4.78, 5) is 26.0. The van der Waals surface area contributed by atoms with E-state index in [-0.39, 0.29) is 29.1 Å². The van der Waals surface area contributed by atoms with E-state index in [0.717, 1.165) is 6.07 Å². The first kappa shape index (κ1) is 25.8. The summed E-state index contributed by atoms with van der Waals surface area (Å²) >= 11 is 6.50. The molecule has 1 aliphatic heterocycles. The number of alkyl halides is 3. The molecule has 0 radical (unpaired) electrons. The molecule has 0 fully saturated rings. The Morgan fingerprint density at radius 1 is 0.875 bits per heavy atom. The van der Waals surface area contributed by atoms with Gasteiger partial charge in [-0.1, -0.05) is 41.9 Å². The SMILES string of the molecule is O=C1NC(=O)c2c1c(-c1ccccc1Cl)cc1c2c2cc(O)ccc2n1CCCNc1ccccc1C(F)(F)F. The standard InChI is InChI=1S/C30H21ClF3N3O3/c31-21-8-3-1-6-17(21)18-15-24-25(27-26(18)28(39)36-29(27)40)19-14-16(38)10-11-23(19)37(24)13-5-12-35-22-9-4-2-7-20(22)30(32,33)34/h1-4,6-11,14-15,35,38H,5,12-13H2,(H,36,39,40). The van der Waals surface area contributed by atoms with E-state index in [2.05, 4.69) is 10.6 Å². The van der Waals surface area contributed by atoms with Gasteiger partial charge in [0, 0.05) is 45.7 Å². The number of amides is 2. The highest BCUT2D eigenvalue weighted by atomic mass is 35.5. The first-order valence-electron chi connectivity index (χ1n) is 12.5. The topological polar surface area (TPSA) is 83.4 Å². The van der Waals surface area contributed by atoms with Gasteiger partial charge in [0.25, 0.3) is 11.8 Å². The normalized spacial score (nSPS) is 13.2. The third-order valence-electron chi connectivity index (χ3n) is 7.09. The van der Waals surface area contributed by atoms with Crippen LogP contribution in [0.15, 0.2) is 72.8 Å². The molecule has 0 saturated heterocycles. The number of aromatic hydroxyl groups is 1. The minimum absolute atomic E-state index is 0.00356. The van der Waals surface area contributed by atoms with Crippen molar-refractivity contribution in [3.8, 4) is 16.9 Å². The zero-order valence-electron chi connectivity index (χ0n) is 20.8. The lowest BCUT2D eigenvalue weighted by atomic mass is 9.93. The smallest absolute Gasteiger partial charge is 0.418 e. The second kappa shape index (κ2) is 9.60. The van der Waals surface area contributed by atoms with Crippen LogP contribution in [-0.4, -0.2) is 28.0 Å². The lowest BCUT2D eigenvalue weighted by Gasteiger charge is -2.15. The summed E-state index contributed by atoms with van der Waals surface area (Å²) < 4.78 is 42.2. The quantitative estimate of drug-likeness (QED) is 0.150. The van der Waals surface area contributed by atoms with E-state index in [4.69, 9.17) is 11.6 Å². The van der Waals surface area contributed by atoms with Crippen molar-refractivity contribution in [2.75, 3.05) is 11.9 Å². The summed E-state index contributed by atoms with van der Waals surface area (Å²) in [7, 11) is 0. The lowest BCUT2D eigenvalue weighted by Crippen LogP contribution is -2.20. The van der Waals surface area contributed by atoms with Crippen LogP contribution in [0.25, 0.3) is 32.9 Å². The number of hydrogen-bond acceptors (Lipinski definition) is 4. The number of nitrogens with one attached hydrogen (secondary N) is 2. The van der Waals surface area contributed by atoms with Crippen molar-refractivity contribution in [2.45, 2.75) is 19.1 Å². The van der Waals surface area contributed by atoms with Crippen LogP contribution >= 0.6 is 11.6 Å². The first-order chi connectivity index (χ1) is 19.1. The van der Waals surface area contributed by atoms with Crippen molar-refractivity contribution in [1.82, 2.24) is 9.88 Å². The molecule has 0 aliphatic carbocycles. The van der Waals surface area contributed by atoms with Crippen LogP contribution in [0.3, 0.4) is 0 Å². The molecule has 202 valence electrons. The van der Waals surface area contributed by atoms with Gasteiger partial charge < -0.3 is 15.0 Å². The van der Waals surface area contributed by atoms with Gasteiger partial charge in [-0.2, -0.15) is 13.2 Å². The Morgan fingerprint density at radius 3 is 2.38 bits per heavy atom. The van der Waals surface area contributed by atoms with E-state index in [1.165, 1.54) is 24.3 Å². The van der Waals surface area contributed by atoms with Crippen molar-refractivity contribution in [2.24, 2.45) is 0 Å². The van der Waals surface area contributed by atoms with Gasteiger partial charge in [0.2, 0.25) is 0 Å². The molecule has 1 aromatic heterocycles. The van der Waals surface area contributed by atoms with Crippen LogP contribution in [0.1, 0.15) is 32.7 Å². The maximum atomic E-state index is 13.4. The van der Waals surface area contributed by atoms with Crippen LogP contribution in [0.5, 0.6) is 5.75 Å². The number of aromatic nitrogens is 1. The minimum atomic E-state index is -4.48. The van der Waals surface area contributed by atoms with Gasteiger partial charge in [-0.25, -0.2) is 0 Å². The molecule has 3 N–H and O–H groups in total. The van der Waals surface area contributed by atoms with Gasteiger partial charge in [-0.15, -0.1) is 0 Å². The fourth-order valence-corrected chi connectivity index (χ4v) is 5.65. The Kier molecular flexibility index (Phi) is 6.18. The summed E-state index contributed by atoms with van der Waals surface area (Å²) in [6, 6.07) is 18.9. The monoisotopic (exact) mass is 563 g/mol. The number of nitrogens with zero attached hydrogens (tertiary/aromatic N) is 1. The van der Waals surface area contributed by atoms with Crippen molar-refractivity contribution < 1.29 is 27.9 Å². The van der Waals surface area contributed by atoms with Gasteiger partial charge >= 0.3 is 6.18 Å². The van der Waals surface area contributed by atoms with Gasteiger partial charge in [-0.05, 0) is 54.4 Å². The first-order valence-corrected chi connectivity index (χ1v) is 12.9. The molecular formula is C30H21ClF3N3O3. The van der Waals surface area contributed by atoms with Crippen LogP contribution in [0.4, 0.5) is 18.9 Å². The number of halogens is 4. The van der Waals surface area contributed by atoms with E-state index in [1.54, 1.807) is 42.5 Å². The summed E-state index contributed by atoms with van der Waals surface area (Å²) in [5.74, 6) is -1.09. The van der Waals surface area contributed by atoms with Gasteiger partial charge in [0.1, 0.15) is 5.75 Å². The van der Waals surface area contributed by atoms with E-state index >= 15 is 0 Å². The third-order valence-corrected chi connectivity index (χ3v) is 7.42. The number of para-hydroxylation sites is 1. The van der Waals surface area contributed by atoms with Crippen LogP contribution in [-0.2, 0) is 12.7 Å². The third kappa shape index (κ3) is 4.23. The molecule has 2 heterocycles. The Morgan fingerprint density at radius 2 is 1.60 bits per heavy atom. The number of phenols is 1. The van der Waals surface area contributed by atoms with Crippen molar-refractivity contribution >= 4 is 50.9 Å². The lowest BCUT2D eigenvalue weighted by molar-refractivity contribution is -0.137. The molecule has 4 aromatic carbocycles. The average Bonchev–Trinajstić information content (AvgIpc) is 3.38. The Bertz CT molecular complexity index is 1850. The maximum absolute atomic E-state index is 13.4. The molecule has 1 aliphatic rings. The number of fused-ring (bicyclic) bond motifs is 5. The summed E-state index contributed by atoms with van der Waals surface area (Å²) in [5.41, 5.74) is 2.07. The number of phenolic OH excluding ortho intramolecular Hbond substituents is 1. The second-order valence-electron chi connectivity index (χ2n) is 9.51. The van der Waals surface area contributed by atoms with E-state index in [9.17, 15) is 27.9 Å². The molecule has 40 heavy (non-hydrogen) atoms. The molecule has 0 unspecified atom stereocenters. The predicted molar refractivity (Wildman–Crippen MR) is 148 cm³/mol. The molecule has 0 bridgehead atoms. The number of anilines is 1. The fraction of sp³-hybridized carbons (Fsp3) is 0.133. The number of imide groups is 1. The Hall–Kier alpha value is -4.50. The van der Waals surface area contributed by atoms with E-state index in [0.29, 0.717) is 50.9 Å². The van der Waals surface area contributed by atoms with Crippen LogP contribution < -0.4 is 10.6 Å². The highest BCUT2D eigenvalue weighted by Gasteiger charge is 2.35. The van der Waals surface area contributed by atoms with Gasteiger partial charge in [0.15, 0.2) is 0 Å². The largest absolute Gasteiger partial charge is 0.508 e. The number of carbonyl (C=O) groups excluding carboxylic acids is 2. The molecular weight excluding hydrogens is 543 g/mol. The molecule has 0 atom stereocenters. The minimum Gasteiger partial charge on any atom is -0.508 e. The molecule has 0 spiro atoms. The zero-order valence-corrected chi connectivity index (χ0v) is 21.5. The maximum Gasteiger partial charge on any atom is 0.418 e. The van der Waals surface area contributed by atoms with Crippen LogP contribution in [0.2, 0.25) is 5.02 Å². The summed E-state index contributed by atoms with van der Waals surface area (Å²) in [6.45, 7) is 0.621. The van der Waals surface area contributed by atoms with Crippen LogP contribution in [0, 0.1) is 0 Å². The van der Waals surface area contributed by atoms with Gasteiger partial charge in [-0.3, -0.25) is 14.9 Å². The molecule has 10 heteroatoms. The number of hydrogen-bond donors (Lipinski definition) is 3. The Balaban J connectivity index is 1.47. The molecule has 6 nitrogen and oxygen atoms in total. The highest BCUT2D eigenvalue weighted by molar-refractivity contribution is 6.36. The van der Waals surface area contributed by atoms with Crippen molar-refractivity contribution in [3.63, 3.8) is 0 Å².